The number of carbonyl (C=O) groups is 3. The molecule has 0 unspecified atom stereocenters. The zero-order valence-corrected chi connectivity index (χ0v) is 25.5. The van der Waals surface area contributed by atoms with Crippen LogP contribution in [0.25, 0.3) is 32.3 Å². The summed E-state index contributed by atoms with van der Waals surface area (Å²) in [5.41, 5.74) is 0.514. The molecule has 6 rings (SSSR count). The van der Waals surface area contributed by atoms with Crippen molar-refractivity contribution in [3.8, 4) is 0 Å². The zero-order valence-electron chi connectivity index (χ0n) is 22.1. The predicted octanol–water partition coefficient (Wildman–Crippen LogP) is 5.19. The first kappa shape index (κ1) is 33.4. The molecule has 0 bridgehead atoms. The van der Waals surface area contributed by atoms with E-state index in [1.54, 1.807) is 72.8 Å². The maximum atomic E-state index is 10.8. The second-order valence-electron chi connectivity index (χ2n) is 8.88. The van der Waals surface area contributed by atoms with Crippen LogP contribution >= 0.6 is 34.8 Å². The van der Waals surface area contributed by atoms with E-state index in [1.165, 1.54) is 18.2 Å². The van der Waals surface area contributed by atoms with Gasteiger partial charge in [-0.25, -0.2) is 0 Å². The number of hydrogen-bond donors (Lipinski definition) is 0. The van der Waals surface area contributed by atoms with Gasteiger partial charge in [-0.3, -0.25) is 0 Å². The first-order chi connectivity index (χ1) is 20.0. The average molecular weight is 644 g/mol. The van der Waals surface area contributed by atoms with E-state index in [0.29, 0.717) is 31.2 Å². The SMILES string of the molecule is O=C([O-])c1cccc2ccc(Cl)cc12.O=C([O-])c1cccc2ccc(Cl)cc12.O=C([O-])c1cccc2ccc(Cl)cc12.[Al+3]. The molecule has 0 aliphatic heterocycles. The fourth-order valence-electron chi connectivity index (χ4n) is 4.27. The number of carboxylic acid groups (broad SMARTS) is 3. The molecular formula is C33H18AlCl3O6. The molecule has 0 heterocycles. The van der Waals surface area contributed by atoms with Crippen molar-refractivity contribution in [2.75, 3.05) is 0 Å². The number of carboxylic acids is 3. The van der Waals surface area contributed by atoms with Crippen LogP contribution < -0.4 is 15.3 Å². The van der Waals surface area contributed by atoms with Crippen molar-refractivity contribution < 1.29 is 29.7 Å². The molecule has 0 aliphatic rings. The number of carbonyl (C=O) groups excluding carboxylic acids is 3. The second-order valence-corrected chi connectivity index (χ2v) is 10.2. The van der Waals surface area contributed by atoms with Gasteiger partial charge in [0.2, 0.25) is 0 Å². The molecule has 0 fully saturated rings. The summed E-state index contributed by atoms with van der Waals surface area (Å²) in [6, 6.07) is 30.5. The molecule has 0 atom stereocenters. The van der Waals surface area contributed by atoms with Gasteiger partial charge in [-0.05, 0) is 68.7 Å². The molecule has 0 aliphatic carbocycles. The first-order valence-electron chi connectivity index (χ1n) is 12.2. The quantitative estimate of drug-likeness (QED) is 0.245. The molecule has 0 N–H and O–H groups in total. The van der Waals surface area contributed by atoms with Gasteiger partial charge in [0.15, 0.2) is 0 Å². The van der Waals surface area contributed by atoms with Gasteiger partial charge in [0.1, 0.15) is 0 Å². The number of hydrogen-bond acceptors (Lipinski definition) is 6. The maximum absolute atomic E-state index is 10.8. The predicted molar refractivity (Wildman–Crippen MR) is 166 cm³/mol. The van der Waals surface area contributed by atoms with Crippen molar-refractivity contribution in [2.24, 2.45) is 0 Å². The monoisotopic (exact) mass is 642 g/mol. The molecule has 0 spiro atoms. The molecule has 43 heavy (non-hydrogen) atoms. The molecule has 210 valence electrons. The van der Waals surface area contributed by atoms with E-state index in [0.717, 1.165) is 16.2 Å². The number of halogens is 3. The van der Waals surface area contributed by atoms with Crippen molar-refractivity contribution >= 4 is 102 Å². The van der Waals surface area contributed by atoms with Gasteiger partial charge >= 0.3 is 17.4 Å². The van der Waals surface area contributed by atoms with Gasteiger partial charge in [-0.2, -0.15) is 0 Å². The van der Waals surface area contributed by atoms with E-state index in [4.69, 9.17) is 34.8 Å². The summed E-state index contributed by atoms with van der Waals surface area (Å²) < 4.78 is 0. The summed E-state index contributed by atoms with van der Waals surface area (Å²) in [7, 11) is 0. The Labute approximate surface area is 271 Å². The van der Waals surface area contributed by atoms with Gasteiger partial charge in [0, 0.05) is 31.8 Å². The Balaban J connectivity index is 0.000000175. The summed E-state index contributed by atoms with van der Waals surface area (Å²) in [5.74, 6) is -3.55. The van der Waals surface area contributed by atoms with Crippen LogP contribution in [0.4, 0.5) is 0 Å². The van der Waals surface area contributed by atoms with E-state index >= 15 is 0 Å². The van der Waals surface area contributed by atoms with Crippen LogP contribution in [0, 0.1) is 0 Å². The van der Waals surface area contributed by atoms with Crippen molar-refractivity contribution in [3.63, 3.8) is 0 Å². The fraction of sp³-hybridized carbons (Fsp3) is 0. The van der Waals surface area contributed by atoms with E-state index in [2.05, 4.69) is 0 Å². The van der Waals surface area contributed by atoms with E-state index in [-0.39, 0.29) is 34.1 Å². The van der Waals surface area contributed by atoms with Crippen LogP contribution in [-0.4, -0.2) is 35.3 Å². The molecule has 0 saturated carbocycles. The zero-order chi connectivity index (χ0) is 30.4. The van der Waals surface area contributed by atoms with Gasteiger partial charge < -0.3 is 29.7 Å². The third kappa shape index (κ3) is 8.27. The van der Waals surface area contributed by atoms with E-state index in [1.807, 2.05) is 18.2 Å². The van der Waals surface area contributed by atoms with Crippen molar-refractivity contribution in [3.05, 3.63) is 141 Å². The van der Waals surface area contributed by atoms with Crippen LogP contribution in [-0.2, 0) is 0 Å². The summed E-state index contributed by atoms with van der Waals surface area (Å²) in [4.78, 5) is 32.3. The summed E-state index contributed by atoms with van der Waals surface area (Å²) in [6.45, 7) is 0. The van der Waals surface area contributed by atoms with Crippen molar-refractivity contribution in [1.82, 2.24) is 0 Å². The fourth-order valence-corrected chi connectivity index (χ4v) is 4.78. The maximum Gasteiger partial charge on any atom is 3.00 e. The number of benzene rings is 6. The number of aromatic carboxylic acids is 3. The minimum absolute atomic E-state index is 0. The Bertz CT molecular complexity index is 1750. The van der Waals surface area contributed by atoms with Crippen molar-refractivity contribution in [2.45, 2.75) is 0 Å². The molecule has 6 aromatic carbocycles. The van der Waals surface area contributed by atoms with Crippen LogP contribution in [0.15, 0.2) is 109 Å². The molecular weight excluding hydrogens is 626 g/mol. The smallest absolute Gasteiger partial charge is 0.545 e. The first-order valence-corrected chi connectivity index (χ1v) is 13.4. The molecule has 0 saturated heterocycles. The standard InChI is InChI=1S/3C11H7ClO2.Al/c3*12-8-5-4-7-2-1-3-9(11(13)14)10(7)6-8;/h3*1-6H,(H,13,14);/q;;;+3/p-3. The number of fused-ring (bicyclic) bond motifs is 3. The normalized spacial score (nSPS) is 10.1. The van der Waals surface area contributed by atoms with Crippen molar-refractivity contribution in [1.29, 1.82) is 0 Å². The van der Waals surface area contributed by atoms with Gasteiger partial charge in [0.05, 0.1) is 17.9 Å². The van der Waals surface area contributed by atoms with Crippen LogP contribution in [0.1, 0.15) is 31.1 Å². The molecule has 6 aromatic rings. The topological polar surface area (TPSA) is 120 Å². The Hall–Kier alpha value is -4.09. The van der Waals surface area contributed by atoms with Crippen LogP contribution in [0.5, 0.6) is 0 Å². The summed E-state index contributed by atoms with van der Waals surface area (Å²) in [6.07, 6.45) is 0. The largest absolute Gasteiger partial charge is 3.00 e. The average Bonchev–Trinajstić information content (AvgIpc) is 2.96. The Morgan fingerprint density at radius 1 is 0.419 bits per heavy atom. The molecule has 0 radical (unpaired) electrons. The summed E-state index contributed by atoms with van der Waals surface area (Å²) >= 11 is 17.3. The van der Waals surface area contributed by atoms with Crippen LogP contribution in [0.2, 0.25) is 15.1 Å². The molecule has 0 amide bonds. The number of rotatable bonds is 3. The van der Waals surface area contributed by atoms with E-state index in [9.17, 15) is 29.7 Å². The minimum atomic E-state index is -1.18. The Morgan fingerprint density at radius 2 is 0.674 bits per heavy atom. The van der Waals surface area contributed by atoms with E-state index < -0.39 is 17.9 Å². The Morgan fingerprint density at radius 3 is 0.907 bits per heavy atom. The third-order valence-corrected chi connectivity index (χ3v) is 6.90. The van der Waals surface area contributed by atoms with Crippen LogP contribution in [0.3, 0.4) is 0 Å². The van der Waals surface area contributed by atoms with Gasteiger partial charge in [-0.15, -0.1) is 0 Å². The minimum Gasteiger partial charge on any atom is -0.545 e. The summed E-state index contributed by atoms with van der Waals surface area (Å²) in [5, 5.41) is 38.2. The second kappa shape index (κ2) is 14.9. The molecule has 10 heteroatoms. The molecule has 0 aromatic heterocycles. The van der Waals surface area contributed by atoms with Gasteiger partial charge in [0.25, 0.3) is 0 Å². The third-order valence-electron chi connectivity index (χ3n) is 6.19. The Kier molecular flexibility index (Phi) is 11.6. The van der Waals surface area contributed by atoms with Gasteiger partial charge in [-0.1, -0.05) is 108 Å². The molecule has 6 nitrogen and oxygen atoms in total.